The summed E-state index contributed by atoms with van der Waals surface area (Å²) in [6.45, 7) is 6.64. The number of aromatic nitrogens is 2. The first-order valence-electron chi connectivity index (χ1n) is 5.34. The molecule has 1 N–H and O–H groups in total. The molecule has 5 heteroatoms. The average molecular weight is 227 g/mol. The van der Waals surface area contributed by atoms with Gasteiger partial charge in [0.15, 0.2) is 5.82 Å². The summed E-state index contributed by atoms with van der Waals surface area (Å²) in [4.78, 5) is 10.6. The number of carbonyl (C=O) groups excluding carboxylic acids is 1. The summed E-state index contributed by atoms with van der Waals surface area (Å²) in [5.74, 6) is 1.37. The van der Waals surface area contributed by atoms with E-state index in [2.05, 4.69) is 35.9 Å². The molecule has 0 aliphatic carbocycles. The second-order valence-corrected chi connectivity index (χ2v) is 3.79. The number of hydrogen-bond acceptors (Lipinski definition) is 3. The smallest absolute Gasteiger partial charge is 0.412 e. The van der Waals surface area contributed by atoms with Gasteiger partial charge in [-0.3, -0.25) is 10.00 Å². The number of carbonyl (C=O) groups is 1. The Morgan fingerprint density at radius 3 is 2.50 bits per heavy atom. The lowest BCUT2D eigenvalue weighted by Gasteiger charge is -1.97. The number of nitrogens with zero attached hydrogens (tertiary/aromatic N) is 2. The Hall–Kier alpha value is -1.52. The molecule has 0 fully saturated rings. The van der Waals surface area contributed by atoms with Gasteiger partial charge in [-0.1, -0.05) is 27.2 Å². The van der Waals surface area contributed by atoms with E-state index in [1.807, 2.05) is 0 Å². The molecular formula is C11H21N3O2. The maximum Gasteiger partial charge on any atom is 0.412 e. The van der Waals surface area contributed by atoms with E-state index >= 15 is 0 Å². The molecule has 92 valence electrons. The van der Waals surface area contributed by atoms with Crippen LogP contribution in [0.1, 0.15) is 27.2 Å². The van der Waals surface area contributed by atoms with E-state index in [0.717, 1.165) is 5.92 Å². The number of amides is 1. The van der Waals surface area contributed by atoms with E-state index in [1.165, 1.54) is 13.5 Å². The van der Waals surface area contributed by atoms with Crippen molar-refractivity contribution >= 4 is 11.9 Å². The molecular weight excluding hydrogens is 206 g/mol. The maximum absolute atomic E-state index is 10.6. The fourth-order valence-electron chi connectivity index (χ4n) is 0.637. The van der Waals surface area contributed by atoms with E-state index in [-0.39, 0.29) is 0 Å². The van der Waals surface area contributed by atoms with Crippen LogP contribution in [0.4, 0.5) is 10.6 Å². The number of ether oxygens (including phenoxy) is 1. The molecule has 0 spiro atoms. The molecule has 1 aromatic rings. The van der Waals surface area contributed by atoms with Crippen molar-refractivity contribution in [3.05, 3.63) is 12.3 Å². The predicted octanol–water partition coefficient (Wildman–Crippen LogP) is 2.65. The predicted molar refractivity (Wildman–Crippen MR) is 64.4 cm³/mol. The number of hydrogen-bond donors (Lipinski definition) is 1. The SMILES string of the molecule is CCC(C)C.COC(=O)Nc1ccn(C)n1. The number of rotatable bonds is 2. The van der Waals surface area contributed by atoms with Crippen molar-refractivity contribution in [1.29, 1.82) is 0 Å². The van der Waals surface area contributed by atoms with Crippen LogP contribution >= 0.6 is 0 Å². The molecule has 1 heterocycles. The first-order chi connectivity index (χ1) is 7.49. The van der Waals surface area contributed by atoms with Gasteiger partial charge in [-0.05, 0) is 5.92 Å². The summed E-state index contributed by atoms with van der Waals surface area (Å²) in [7, 11) is 3.07. The average Bonchev–Trinajstić information content (AvgIpc) is 2.64. The summed E-state index contributed by atoms with van der Waals surface area (Å²) in [5.41, 5.74) is 0. The third kappa shape index (κ3) is 6.86. The van der Waals surface area contributed by atoms with Gasteiger partial charge in [0.05, 0.1) is 7.11 Å². The maximum atomic E-state index is 10.6. The van der Waals surface area contributed by atoms with E-state index in [1.54, 1.807) is 24.0 Å². The highest BCUT2D eigenvalue weighted by atomic mass is 16.5. The minimum Gasteiger partial charge on any atom is -0.453 e. The molecule has 0 aliphatic rings. The second-order valence-electron chi connectivity index (χ2n) is 3.79. The highest BCUT2D eigenvalue weighted by Crippen LogP contribution is 2.00. The molecule has 0 atom stereocenters. The lowest BCUT2D eigenvalue weighted by molar-refractivity contribution is 0.187. The molecule has 1 amide bonds. The van der Waals surface area contributed by atoms with Crippen molar-refractivity contribution in [1.82, 2.24) is 9.78 Å². The Bertz CT molecular complexity index is 308. The highest BCUT2D eigenvalue weighted by Gasteiger charge is 2.01. The Kier molecular flexibility index (Phi) is 7.00. The van der Waals surface area contributed by atoms with Crippen LogP contribution in [0.15, 0.2) is 12.3 Å². The van der Waals surface area contributed by atoms with Gasteiger partial charge < -0.3 is 4.74 Å². The molecule has 1 aromatic heterocycles. The molecule has 0 radical (unpaired) electrons. The molecule has 0 bridgehead atoms. The standard InChI is InChI=1S/C6H9N3O2.C5H12/c1-9-4-3-5(8-9)7-6(10)11-2;1-4-5(2)3/h3-4H,1-2H3,(H,7,8,10);5H,4H2,1-3H3. The van der Waals surface area contributed by atoms with Gasteiger partial charge in [0.1, 0.15) is 0 Å². The van der Waals surface area contributed by atoms with Crippen LogP contribution in [-0.2, 0) is 11.8 Å². The van der Waals surface area contributed by atoms with Crippen molar-refractivity contribution < 1.29 is 9.53 Å². The van der Waals surface area contributed by atoms with Crippen LogP contribution < -0.4 is 5.32 Å². The van der Waals surface area contributed by atoms with E-state index in [4.69, 9.17) is 0 Å². The summed E-state index contributed by atoms with van der Waals surface area (Å²) in [6.07, 6.45) is 2.52. The van der Waals surface area contributed by atoms with Crippen molar-refractivity contribution in [2.24, 2.45) is 13.0 Å². The second kappa shape index (κ2) is 7.73. The van der Waals surface area contributed by atoms with Gasteiger partial charge in [0.25, 0.3) is 0 Å². The molecule has 16 heavy (non-hydrogen) atoms. The van der Waals surface area contributed by atoms with Crippen LogP contribution in [0.2, 0.25) is 0 Å². The molecule has 5 nitrogen and oxygen atoms in total. The van der Waals surface area contributed by atoms with Crippen molar-refractivity contribution in [2.45, 2.75) is 27.2 Å². The van der Waals surface area contributed by atoms with E-state index < -0.39 is 6.09 Å². The van der Waals surface area contributed by atoms with Gasteiger partial charge in [-0.15, -0.1) is 0 Å². The molecule has 0 saturated carbocycles. The third-order valence-electron chi connectivity index (χ3n) is 1.95. The Balaban J connectivity index is 0.000000385. The van der Waals surface area contributed by atoms with Crippen LogP contribution in [0, 0.1) is 5.92 Å². The topological polar surface area (TPSA) is 56.1 Å². The Labute approximate surface area is 96.8 Å². The zero-order valence-electron chi connectivity index (χ0n) is 10.7. The minimum atomic E-state index is -0.510. The van der Waals surface area contributed by atoms with Gasteiger partial charge in [0, 0.05) is 19.3 Å². The Morgan fingerprint density at radius 2 is 2.19 bits per heavy atom. The van der Waals surface area contributed by atoms with Gasteiger partial charge in [0.2, 0.25) is 0 Å². The van der Waals surface area contributed by atoms with Crippen molar-refractivity contribution in [3.63, 3.8) is 0 Å². The third-order valence-corrected chi connectivity index (χ3v) is 1.95. The van der Waals surface area contributed by atoms with E-state index in [0.29, 0.717) is 5.82 Å². The van der Waals surface area contributed by atoms with Crippen LogP contribution in [-0.4, -0.2) is 23.0 Å². The lowest BCUT2D eigenvalue weighted by Crippen LogP contribution is -2.11. The normalized spacial score (nSPS) is 9.38. The molecule has 1 rings (SSSR count). The van der Waals surface area contributed by atoms with Gasteiger partial charge in [-0.25, -0.2) is 4.79 Å². The van der Waals surface area contributed by atoms with Gasteiger partial charge >= 0.3 is 6.09 Å². The Morgan fingerprint density at radius 1 is 1.62 bits per heavy atom. The fourth-order valence-corrected chi connectivity index (χ4v) is 0.637. The van der Waals surface area contributed by atoms with Crippen LogP contribution in [0.3, 0.4) is 0 Å². The van der Waals surface area contributed by atoms with Crippen LogP contribution in [0.25, 0.3) is 0 Å². The van der Waals surface area contributed by atoms with E-state index in [9.17, 15) is 4.79 Å². The molecule has 0 unspecified atom stereocenters. The number of methoxy groups -OCH3 is 1. The highest BCUT2D eigenvalue weighted by molar-refractivity contribution is 5.82. The quantitative estimate of drug-likeness (QED) is 0.845. The number of nitrogens with one attached hydrogen (secondary N) is 1. The van der Waals surface area contributed by atoms with Crippen molar-refractivity contribution in [2.75, 3.05) is 12.4 Å². The number of anilines is 1. The molecule has 0 aliphatic heterocycles. The largest absolute Gasteiger partial charge is 0.453 e. The molecule has 0 saturated heterocycles. The summed E-state index contributed by atoms with van der Waals surface area (Å²) >= 11 is 0. The first-order valence-corrected chi connectivity index (χ1v) is 5.34. The van der Waals surface area contributed by atoms with Crippen molar-refractivity contribution in [3.8, 4) is 0 Å². The minimum absolute atomic E-state index is 0.486. The number of aryl methyl sites for hydroxylation is 1. The summed E-state index contributed by atoms with van der Waals surface area (Å²) in [6, 6.07) is 1.68. The summed E-state index contributed by atoms with van der Waals surface area (Å²) in [5, 5.41) is 6.32. The first kappa shape index (κ1) is 14.5. The fraction of sp³-hybridized carbons (Fsp3) is 0.636. The zero-order chi connectivity index (χ0) is 12.6. The summed E-state index contributed by atoms with van der Waals surface area (Å²) < 4.78 is 5.95. The zero-order valence-corrected chi connectivity index (χ0v) is 10.7. The van der Waals surface area contributed by atoms with Crippen LogP contribution in [0.5, 0.6) is 0 Å². The lowest BCUT2D eigenvalue weighted by atomic mass is 10.2. The van der Waals surface area contributed by atoms with Gasteiger partial charge in [-0.2, -0.15) is 5.10 Å². The molecule has 0 aromatic carbocycles. The monoisotopic (exact) mass is 227 g/mol.